The second-order valence-electron chi connectivity index (χ2n) is 27.9. The first-order chi connectivity index (χ1) is 47.6. The van der Waals surface area contributed by atoms with Crippen molar-refractivity contribution in [3.8, 4) is 11.8 Å². The Kier molecular flexibility index (Phi) is 24.7. The number of alkyl halides is 2. The van der Waals surface area contributed by atoms with Gasteiger partial charge in [0.05, 0.1) is 41.4 Å². The minimum absolute atomic E-state index is 0.0162. The SMILES string of the molecule is CCCCN1/C(=C/C=C2\CCCC(/C=C/C3=[N+](CCCC)c4ccc(C)cc4C3(C)C)=C2Oc2ccc(CCC(=O)NCCN3C(=O)CC(SCC(CC(=O)CCC(=O)NCc4cc(C(=O)N[C@H](C)C(=O)N5CC(F)(F)C[C@H]5C#N)ccn4)C(=O)O)C3=O)cc2)C(C)(C)c2cc(C)ccc21. The molecular formula is C78H94F2N9O10S+. The summed E-state index contributed by atoms with van der Waals surface area (Å²) in [6.45, 7) is 20.1. The maximum absolute atomic E-state index is 13.9. The van der Waals surface area contributed by atoms with E-state index < -0.39 is 89.8 Å². The number of pyridine rings is 1. The van der Waals surface area contributed by atoms with E-state index in [0.717, 1.165) is 102 Å². The summed E-state index contributed by atoms with van der Waals surface area (Å²) in [5.41, 5.74) is 13.3. The molecular weight excluding hydrogens is 1290 g/mol. The van der Waals surface area contributed by atoms with Crippen LogP contribution >= 0.6 is 11.8 Å². The number of ether oxygens (including phenoxy) is 1. The summed E-state index contributed by atoms with van der Waals surface area (Å²) >= 11 is 0.964. The number of aryl methyl sites for hydroxylation is 3. The van der Waals surface area contributed by atoms with Gasteiger partial charge in [0.25, 0.3) is 11.8 Å². The molecule has 4 aliphatic heterocycles. The van der Waals surface area contributed by atoms with Gasteiger partial charge >= 0.3 is 5.97 Å². The third-order valence-electron chi connectivity index (χ3n) is 19.5. The average Bonchev–Trinajstić information content (AvgIpc) is 1.60. The Bertz CT molecular complexity index is 4020. The van der Waals surface area contributed by atoms with Crippen LogP contribution in [0.15, 0.2) is 126 Å². The number of anilines is 1. The number of fused-ring (bicyclic) bond motifs is 2. The van der Waals surface area contributed by atoms with Crippen molar-refractivity contribution in [2.75, 3.05) is 43.4 Å². The summed E-state index contributed by atoms with van der Waals surface area (Å²) in [6.07, 6.45) is 16.1. The molecule has 1 aromatic heterocycles. The number of carbonyl (C=O) groups excluding carboxylic acids is 7. The van der Waals surface area contributed by atoms with Crippen molar-refractivity contribution in [3.05, 3.63) is 165 Å². The zero-order chi connectivity index (χ0) is 72.2. The number of imide groups is 1. The van der Waals surface area contributed by atoms with E-state index >= 15 is 0 Å². The summed E-state index contributed by atoms with van der Waals surface area (Å²) in [6, 6.07) is 23.3. The fourth-order valence-electron chi connectivity index (χ4n) is 13.7. The number of nitriles is 1. The highest BCUT2D eigenvalue weighted by Crippen LogP contribution is 2.49. The number of nitrogens with zero attached hydrogens (tertiary/aromatic N) is 6. The van der Waals surface area contributed by atoms with Crippen LogP contribution in [0.3, 0.4) is 0 Å². The zero-order valence-corrected chi connectivity index (χ0v) is 59.8. The molecule has 2 unspecified atom stereocenters. The van der Waals surface area contributed by atoms with Gasteiger partial charge in [-0.1, -0.05) is 88.1 Å². The molecule has 530 valence electrons. The normalized spacial score (nSPS) is 19.7. The predicted molar refractivity (Wildman–Crippen MR) is 381 cm³/mol. The standard InChI is InChI=1S/C78H93F2N9O10S/c1-10-12-36-86-63-27-17-49(3)39-61(63)76(6,7)66(86)29-22-53-15-14-16-54(23-30-67-77(8,9)62-40-50(4)18-28-64(62)87(67)37-13-11-2)71(53)99-60-25-19-52(20-26-60)21-31-68(91)83-35-38-88-70(93)43-65(74(88)96)100-47-56(75(97)98)42-59(90)24-32-69(92)84-46-57-41-55(33-34-82-57)72(94)85-51(5)73(95)89-48-78(79,80)44-58(89)45-81/h17-20,22-23,25-30,33-34,39-41,51,56,58,65H,10-16,21,24,31-32,35-38,42-44,46-48H2,1-9H3,(H3-,83,84,85,91,92,94,97,98)/p+1/t51-,56?,58+,65?/m1/s1. The van der Waals surface area contributed by atoms with Crippen LogP contribution in [0.4, 0.5) is 20.2 Å². The van der Waals surface area contributed by atoms with E-state index in [1.807, 2.05) is 24.3 Å². The van der Waals surface area contributed by atoms with Crippen LogP contribution in [-0.2, 0) is 57.4 Å². The Hall–Kier alpha value is -9.10. The van der Waals surface area contributed by atoms with Gasteiger partial charge in [0.2, 0.25) is 35.2 Å². The molecule has 0 spiro atoms. The lowest BCUT2D eigenvalue weighted by Gasteiger charge is -2.27. The number of carboxylic acid groups (broad SMARTS) is 1. The van der Waals surface area contributed by atoms with E-state index in [2.05, 4.69) is 147 Å². The van der Waals surface area contributed by atoms with Crippen LogP contribution in [0.25, 0.3) is 0 Å². The van der Waals surface area contributed by atoms with Crippen molar-refractivity contribution in [1.82, 2.24) is 30.7 Å². The fraction of sp³-hybridized carbons (Fsp3) is 0.474. The van der Waals surface area contributed by atoms with Crippen molar-refractivity contribution in [1.29, 1.82) is 5.26 Å². The van der Waals surface area contributed by atoms with Gasteiger partial charge in [-0.25, -0.2) is 8.78 Å². The highest BCUT2D eigenvalue weighted by atomic mass is 32.2. The second-order valence-corrected chi connectivity index (χ2v) is 29.2. The molecule has 1 aliphatic carbocycles. The number of amides is 6. The highest BCUT2D eigenvalue weighted by molar-refractivity contribution is 8.00. The van der Waals surface area contributed by atoms with E-state index in [-0.39, 0.29) is 79.1 Å². The van der Waals surface area contributed by atoms with Gasteiger partial charge in [-0.15, -0.1) is 11.8 Å². The maximum atomic E-state index is 13.9. The van der Waals surface area contributed by atoms with Gasteiger partial charge in [-0.2, -0.15) is 9.84 Å². The highest BCUT2D eigenvalue weighted by Gasteiger charge is 2.49. The molecule has 5 aliphatic rings. The third kappa shape index (κ3) is 18.1. The number of rotatable bonds is 31. The Morgan fingerprint density at radius 1 is 0.850 bits per heavy atom. The molecule has 0 radical (unpaired) electrons. The number of allylic oxidation sites excluding steroid dienone is 7. The van der Waals surface area contributed by atoms with Gasteiger partial charge in [0.15, 0.2) is 5.71 Å². The number of carboxylic acids is 1. The first kappa shape index (κ1) is 75.1. The predicted octanol–water partition coefficient (Wildman–Crippen LogP) is 11.9. The number of thioether (sulfide) groups is 1. The molecule has 5 heterocycles. The number of carbonyl (C=O) groups is 8. The number of Topliss-reactive ketones (excluding diaryl/α,β-unsaturated/α-hetero) is 1. The number of nitrogens with one attached hydrogen (secondary N) is 3. The summed E-state index contributed by atoms with van der Waals surface area (Å²) in [5.74, 6) is -8.25. The van der Waals surface area contributed by atoms with Crippen LogP contribution in [0.1, 0.15) is 176 Å². The Morgan fingerprint density at radius 2 is 1.57 bits per heavy atom. The molecule has 22 heteroatoms. The van der Waals surface area contributed by atoms with E-state index in [9.17, 15) is 57.5 Å². The van der Waals surface area contributed by atoms with Crippen molar-refractivity contribution in [2.45, 2.75) is 193 Å². The van der Waals surface area contributed by atoms with Crippen LogP contribution in [0.2, 0.25) is 0 Å². The van der Waals surface area contributed by atoms with Crippen molar-refractivity contribution in [3.63, 3.8) is 0 Å². The summed E-state index contributed by atoms with van der Waals surface area (Å²) < 4.78 is 37.4. The van der Waals surface area contributed by atoms with Gasteiger partial charge in [-0.3, -0.25) is 48.2 Å². The van der Waals surface area contributed by atoms with E-state index in [4.69, 9.17) is 4.74 Å². The molecule has 4 N–H and O–H groups in total. The lowest BCUT2D eigenvalue weighted by atomic mass is 9.80. The number of aromatic nitrogens is 1. The molecule has 9 rings (SSSR count). The number of hydrogen-bond acceptors (Lipinski definition) is 13. The molecule has 4 atom stereocenters. The minimum Gasteiger partial charge on any atom is -0.481 e. The van der Waals surface area contributed by atoms with Crippen LogP contribution < -0.4 is 25.6 Å². The van der Waals surface area contributed by atoms with Crippen LogP contribution in [0.5, 0.6) is 5.75 Å². The van der Waals surface area contributed by atoms with Gasteiger partial charge in [0, 0.05) is 117 Å². The molecule has 0 bridgehead atoms. The van der Waals surface area contributed by atoms with Crippen LogP contribution in [0, 0.1) is 31.1 Å². The monoisotopic (exact) mass is 1390 g/mol. The molecule has 3 aromatic carbocycles. The van der Waals surface area contributed by atoms with Crippen molar-refractivity contribution < 1.29 is 61.6 Å². The van der Waals surface area contributed by atoms with Gasteiger partial charge in [0.1, 0.15) is 35.9 Å². The zero-order valence-electron chi connectivity index (χ0n) is 58.9. The first-order valence-electron chi connectivity index (χ1n) is 34.9. The lowest BCUT2D eigenvalue weighted by Crippen LogP contribution is -2.48. The van der Waals surface area contributed by atoms with E-state index in [1.54, 1.807) is 6.07 Å². The molecule has 0 saturated carbocycles. The molecule has 4 aromatic rings. The van der Waals surface area contributed by atoms with Gasteiger partial charge < -0.3 is 35.6 Å². The number of halogens is 2. The fourth-order valence-corrected chi connectivity index (χ4v) is 15.0. The summed E-state index contributed by atoms with van der Waals surface area (Å²) in [4.78, 5) is 112. The molecule has 100 heavy (non-hydrogen) atoms. The maximum Gasteiger partial charge on any atom is 0.307 e. The van der Waals surface area contributed by atoms with Crippen molar-refractivity contribution in [2.24, 2.45) is 5.92 Å². The van der Waals surface area contributed by atoms with Gasteiger partial charge in [-0.05, 0) is 138 Å². The van der Waals surface area contributed by atoms with E-state index in [1.165, 1.54) is 70.3 Å². The smallest absolute Gasteiger partial charge is 0.307 e. The summed E-state index contributed by atoms with van der Waals surface area (Å²) in [5, 5.41) is 26.3. The second kappa shape index (κ2) is 32.9. The quantitative estimate of drug-likeness (QED) is 0.0270. The van der Waals surface area contributed by atoms with Crippen molar-refractivity contribution >= 4 is 76.0 Å². The largest absolute Gasteiger partial charge is 0.481 e. The summed E-state index contributed by atoms with van der Waals surface area (Å²) in [7, 11) is 0. The van der Waals surface area contributed by atoms with E-state index in [0.29, 0.717) is 12.2 Å². The molecule has 2 fully saturated rings. The number of ketones is 1. The topological polar surface area (TPSA) is 252 Å². The molecule has 2 saturated heterocycles. The molecule has 19 nitrogen and oxygen atoms in total. The third-order valence-corrected chi connectivity index (χ3v) is 20.9. The average molecular weight is 1390 g/mol. The number of benzene rings is 3. The number of aliphatic carboxylic acids is 1. The number of hydrogen-bond donors (Lipinski definition) is 4. The number of unbranched alkanes of at least 4 members (excludes halogenated alkanes) is 2. The molecule has 6 amide bonds. The number of likely N-dealkylation sites (tertiary alicyclic amines) is 2. The Labute approximate surface area is 589 Å². The minimum atomic E-state index is -3.23. The van der Waals surface area contributed by atoms with Crippen LogP contribution in [-0.4, -0.2) is 139 Å². The lowest BCUT2D eigenvalue weighted by molar-refractivity contribution is -0.438. The Morgan fingerprint density at radius 3 is 2.29 bits per heavy atom. The first-order valence-corrected chi connectivity index (χ1v) is 36.0. The Balaban J connectivity index is 0.756.